The fourth-order valence-corrected chi connectivity index (χ4v) is 2.51. The number of likely N-dealkylation sites (N-methyl/N-ethyl adjacent to an activating group) is 1. The first-order valence-electron chi connectivity index (χ1n) is 6.81. The second kappa shape index (κ2) is 6.92. The van der Waals surface area contributed by atoms with Crippen LogP contribution in [-0.2, 0) is 6.42 Å². The zero-order valence-corrected chi connectivity index (χ0v) is 13.2. The van der Waals surface area contributed by atoms with Crippen molar-refractivity contribution in [1.82, 2.24) is 5.32 Å². The summed E-state index contributed by atoms with van der Waals surface area (Å²) in [5.41, 5.74) is 2.78. The Morgan fingerprint density at radius 3 is 2.62 bits per heavy atom. The van der Waals surface area contributed by atoms with E-state index in [1.54, 1.807) is 19.2 Å². The Balaban J connectivity index is 2.27. The van der Waals surface area contributed by atoms with Gasteiger partial charge in [-0.3, -0.25) is 0 Å². The first-order valence-corrected chi connectivity index (χ1v) is 7.18. The standard InChI is InChI=1S/C17H19ClFNO/c1-11-4-5-13(9-17(11)21-3)16(20-2)8-12-6-7-14(18)10-15(12)19/h4-7,9-10,16,20H,8H2,1-3H3. The molecule has 0 aliphatic carbocycles. The van der Waals surface area contributed by atoms with Gasteiger partial charge >= 0.3 is 0 Å². The van der Waals surface area contributed by atoms with Gasteiger partial charge in [-0.25, -0.2) is 4.39 Å². The molecule has 0 bridgehead atoms. The maximum absolute atomic E-state index is 13.9. The number of aryl methyl sites for hydroxylation is 1. The average molecular weight is 308 g/mol. The van der Waals surface area contributed by atoms with E-state index in [1.165, 1.54) is 6.07 Å². The Morgan fingerprint density at radius 1 is 1.24 bits per heavy atom. The highest BCUT2D eigenvalue weighted by molar-refractivity contribution is 6.30. The monoisotopic (exact) mass is 307 g/mol. The third kappa shape index (κ3) is 3.74. The normalized spacial score (nSPS) is 12.2. The van der Waals surface area contributed by atoms with E-state index in [2.05, 4.69) is 5.32 Å². The molecular weight excluding hydrogens is 289 g/mol. The lowest BCUT2D eigenvalue weighted by molar-refractivity contribution is 0.410. The number of benzene rings is 2. The Labute approximate surface area is 129 Å². The number of ether oxygens (including phenoxy) is 1. The Hall–Kier alpha value is -1.58. The minimum absolute atomic E-state index is 0.00942. The molecule has 1 N–H and O–H groups in total. The molecule has 112 valence electrons. The van der Waals surface area contributed by atoms with Crippen LogP contribution in [-0.4, -0.2) is 14.2 Å². The fraction of sp³-hybridized carbons (Fsp3) is 0.294. The number of rotatable bonds is 5. The quantitative estimate of drug-likeness (QED) is 0.889. The average Bonchev–Trinajstić information content (AvgIpc) is 2.47. The van der Waals surface area contributed by atoms with Crippen LogP contribution < -0.4 is 10.1 Å². The van der Waals surface area contributed by atoms with Crippen LogP contribution in [0.4, 0.5) is 4.39 Å². The molecule has 0 spiro atoms. The molecule has 1 atom stereocenters. The van der Waals surface area contributed by atoms with Gasteiger partial charge in [0, 0.05) is 11.1 Å². The number of methoxy groups -OCH3 is 1. The van der Waals surface area contributed by atoms with Gasteiger partial charge in [-0.15, -0.1) is 0 Å². The summed E-state index contributed by atoms with van der Waals surface area (Å²) in [5.74, 6) is 0.561. The molecular formula is C17H19ClFNO. The summed E-state index contributed by atoms with van der Waals surface area (Å²) in [7, 11) is 3.52. The molecule has 2 aromatic rings. The van der Waals surface area contributed by atoms with Crippen molar-refractivity contribution < 1.29 is 9.13 Å². The van der Waals surface area contributed by atoms with E-state index in [-0.39, 0.29) is 11.9 Å². The summed E-state index contributed by atoms with van der Waals surface area (Å²) < 4.78 is 19.3. The molecule has 0 amide bonds. The van der Waals surface area contributed by atoms with Crippen molar-refractivity contribution in [3.8, 4) is 5.75 Å². The molecule has 2 rings (SSSR count). The zero-order valence-electron chi connectivity index (χ0n) is 12.4. The zero-order chi connectivity index (χ0) is 15.4. The van der Waals surface area contributed by atoms with E-state index < -0.39 is 0 Å². The molecule has 2 aromatic carbocycles. The van der Waals surface area contributed by atoms with Crippen LogP contribution >= 0.6 is 11.6 Å². The Morgan fingerprint density at radius 2 is 2.00 bits per heavy atom. The van der Waals surface area contributed by atoms with Crippen molar-refractivity contribution in [2.45, 2.75) is 19.4 Å². The van der Waals surface area contributed by atoms with Gasteiger partial charge in [0.05, 0.1) is 7.11 Å². The van der Waals surface area contributed by atoms with E-state index in [9.17, 15) is 4.39 Å². The van der Waals surface area contributed by atoms with Gasteiger partial charge in [-0.1, -0.05) is 29.8 Å². The van der Waals surface area contributed by atoms with Crippen molar-refractivity contribution in [3.05, 3.63) is 63.9 Å². The van der Waals surface area contributed by atoms with Gasteiger partial charge in [0.1, 0.15) is 11.6 Å². The molecule has 21 heavy (non-hydrogen) atoms. The van der Waals surface area contributed by atoms with E-state index in [4.69, 9.17) is 16.3 Å². The maximum Gasteiger partial charge on any atom is 0.127 e. The van der Waals surface area contributed by atoms with Crippen LogP contribution in [0.2, 0.25) is 5.02 Å². The summed E-state index contributed by atoms with van der Waals surface area (Å²) >= 11 is 5.79. The van der Waals surface area contributed by atoms with Crippen molar-refractivity contribution in [1.29, 1.82) is 0 Å². The molecule has 0 radical (unpaired) electrons. The Bertz CT molecular complexity index is 630. The second-order valence-corrected chi connectivity index (χ2v) is 5.45. The third-order valence-corrected chi connectivity index (χ3v) is 3.86. The molecule has 0 fully saturated rings. The van der Waals surface area contributed by atoms with Crippen LogP contribution in [0, 0.1) is 12.7 Å². The van der Waals surface area contributed by atoms with Crippen molar-refractivity contribution in [3.63, 3.8) is 0 Å². The summed E-state index contributed by atoms with van der Waals surface area (Å²) in [6, 6.07) is 10.8. The second-order valence-electron chi connectivity index (χ2n) is 5.01. The summed E-state index contributed by atoms with van der Waals surface area (Å²) in [4.78, 5) is 0. The Kier molecular flexibility index (Phi) is 5.21. The molecule has 0 saturated heterocycles. The van der Waals surface area contributed by atoms with Crippen molar-refractivity contribution in [2.24, 2.45) is 0 Å². The maximum atomic E-state index is 13.9. The molecule has 0 saturated carbocycles. The molecule has 0 heterocycles. The van der Waals surface area contributed by atoms with Crippen LogP contribution in [0.1, 0.15) is 22.7 Å². The van der Waals surface area contributed by atoms with Gasteiger partial charge in [-0.2, -0.15) is 0 Å². The fourth-order valence-electron chi connectivity index (χ4n) is 2.35. The highest BCUT2D eigenvalue weighted by Crippen LogP contribution is 2.26. The van der Waals surface area contributed by atoms with Crippen molar-refractivity contribution in [2.75, 3.05) is 14.2 Å². The van der Waals surface area contributed by atoms with Gasteiger partial charge < -0.3 is 10.1 Å². The smallest absolute Gasteiger partial charge is 0.127 e. The first kappa shape index (κ1) is 15.8. The lowest BCUT2D eigenvalue weighted by Crippen LogP contribution is -2.19. The highest BCUT2D eigenvalue weighted by Gasteiger charge is 2.14. The molecule has 2 nitrogen and oxygen atoms in total. The summed E-state index contributed by atoms with van der Waals surface area (Å²) in [6.07, 6.45) is 0.547. The number of nitrogens with one attached hydrogen (secondary N) is 1. The molecule has 4 heteroatoms. The van der Waals surface area contributed by atoms with Gasteiger partial charge in [0.2, 0.25) is 0 Å². The van der Waals surface area contributed by atoms with Gasteiger partial charge in [0.25, 0.3) is 0 Å². The SMILES string of the molecule is CNC(Cc1ccc(Cl)cc1F)c1ccc(C)c(OC)c1. The first-order chi connectivity index (χ1) is 10.0. The lowest BCUT2D eigenvalue weighted by Gasteiger charge is -2.19. The lowest BCUT2D eigenvalue weighted by atomic mass is 9.97. The number of hydrogen-bond donors (Lipinski definition) is 1. The minimum Gasteiger partial charge on any atom is -0.496 e. The van der Waals surface area contributed by atoms with Crippen LogP contribution in [0.5, 0.6) is 5.75 Å². The van der Waals surface area contributed by atoms with Crippen LogP contribution in [0.15, 0.2) is 36.4 Å². The van der Waals surface area contributed by atoms with Crippen molar-refractivity contribution >= 4 is 11.6 Å². The molecule has 0 aromatic heterocycles. The van der Waals surface area contributed by atoms with E-state index in [0.29, 0.717) is 17.0 Å². The van der Waals surface area contributed by atoms with Crippen LogP contribution in [0.25, 0.3) is 0 Å². The molecule has 1 unspecified atom stereocenters. The van der Waals surface area contributed by atoms with Gasteiger partial charge in [0.15, 0.2) is 0 Å². The van der Waals surface area contributed by atoms with E-state index in [0.717, 1.165) is 16.9 Å². The summed E-state index contributed by atoms with van der Waals surface area (Å²) in [5, 5.41) is 3.64. The van der Waals surface area contributed by atoms with Gasteiger partial charge in [-0.05, 0) is 55.3 Å². The van der Waals surface area contributed by atoms with Crippen LogP contribution in [0.3, 0.4) is 0 Å². The summed E-state index contributed by atoms with van der Waals surface area (Å²) in [6.45, 7) is 2.00. The third-order valence-electron chi connectivity index (χ3n) is 3.62. The highest BCUT2D eigenvalue weighted by atomic mass is 35.5. The largest absolute Gasteiger partial charge is 0.496 e. The number of halogens is 2. The van der Waals surface area contributed by atoms with E-state index >= 15 is 0 Å². The number of hydrogen-bond acceptors (Lipinski definition) is 2. The molecule has 0 aliphatic rings. The predicted molar refractivity (Wildman–Crippen MR) is 84.6 cm³/mol. The minimum atomic E-state index is -0.276. The van der Waals surface area contributed by atoms with E-state index in [1.807, 2.05) is 32.2 Å². The topological polar surface area (TPSA) is 21.3 Å². The predicted octanol–water partition coefficient (Wildman–Crippen LogP) is 4.30. The molecule has 0 aliphatic heterocycles.